The van der Waals surface area contributed by atoms with E-state index in [1.807, 2.05) is 0 Å². The molecule has 6 nitrogen and oxygen atoms in total. The molecule has 0 heterocycles. The number of rotatable bonds is 8. The highest BCUT2D eigenvalue weighted by atomic mass is 16.4. The van der Waals surface area contributed by atoms with Crippen molar-refractivity contribution in [3.05, 3.63) is 0 Å². The maximum absolute atomic E-state index is 13.8. The minimum absolute atomic E-state index is 0.0457. The Morgan fingerprint density at radius 1 is 0.529 bits per heavy atom. The maximum Gasteiger partial charge on any atom is 0.338 e. The van der Waals surface area contributed by atoms with Gasteiger partial charge in [0.05, 0.1) is 0 Å². The summed E-state index contributed by atoms with van der Waals surface area (Å²) in [7, 11) is 0. The van der Waals surface area contributed by atoms with Crippen LogP contribution >= 0.6 is 0 Å². The van der Waals surface area contributed by atoms with Crippen LogP contribution in [0.15, 0.2) is 0 Å². The first-order valence-corrected chi connectivity index (χ1v) is 14.4. The van der Waals surface area contributed by atoms with Gasteiger partial charge < -0.3 is 15.3 Å². The van der Waals surface area contributed by atoms with Crippen LogP contribution in [0.2, 0.25) is 0 Å². The fourth-order valence-electron chi connectivity index (χ4n) is 8.45. The van der Waals surface area contributed by atoms with Gasteiger partial charge in [-0.1, -0.05) is 77.0 Å². The monoisotopic (exact) mass is 477 g/mol. The van der Waals surface area contributed by atoms with Gasteiger partial charge in [0.2, 0.25) is 0 Å². The second-order valence-electron chi connectivity index (χ2n) is 11.8. The van der Waals surface area contributed by atoms with Gasteiger partial charge in [-0.15, -0.1) is 0 Å². The molecule has 4 aliphatic carbocycles. The number of aliphatic carboxylic acids is 2. The van der Waals surface area contributed by atoms with Crippen molar-refractivity contribution < 1.29 is 24.9 Å². The summed E-state index contributed by atoms with van der Waals surface area (Å²) in [5.74, 6) is -3.22. The Kier molecular flexibility index (Phi) is 8.61. The molecule has 194 valence electrons. The first kappa shape index (κ1) is 25.9. The molecule has 4 aliphatic rings. The minimum atomic E-state index is -2.27. The number of aliphatic hydroxyl groups is 1. The lowest BCUT2D eigenvalue weighted by Gasteiger charge is -2.60. The van der Waals surface area contributed by atoms with Gasteiger partial charge in [-0.2, -0.15) is 0 Å². The van der Waals surface area contributed by atoms with E-state index in [2.05, 4.69) is 4.90 Å². The average Bonchev–Trinajstić information content (AvgIpc) is 2.88. The van der Waals surface area contributed by atoms with Crippen molar-refractivity contribution in [2.45, 2.75) is 152 Å². The van der Waals surface area contributed by atoms with Gasteiger partial charge in [0.25, 0.3) is 0 Å². The molecule has 0 radical (unpaired) electrons. The lowest BCUT2D eigenvalue weighted by Crippen LogP contribution is -2.80. The molecule has 0 saturated heterocycles. The van der Waals surface area contributed by atoms with E-state index in [4.69, 9.17) is 0 Å². The predicted molar refractivity (Wildman–Crippen MR) is 132 cm³/mol. The van der Waals surface area contributed by atoms with Gasteiger partial charge >= 0.3 is 11.9 Å². The summed E-state index contributed by atoms with van der Waals surface area (Å²) >= 11 is 0. The molecule has 0 aromatic rings. The number of carbonyl (C=O) groups is 2. The molecule has 0 amide bonds. The zero-order valence-corrected chi connectivity index (χ0v) is 21.1. The Balaban J connectivity index is 1.92. The molecule has 0 aliphatic heterocycles. The van der Waals surface area contributed by atoms with Crippen molar-refractivity contribution >= 4 is 11.9 Å². The van der Waals surface area contributed by atoms with Crippen LogP contribution in [0.4, 0.5) is 0 Å². The van der Waals surface area contributed by atoms with E-state index in [0.29, 0.717) is 25.7 Å². The zero-order chi connectivity index (χ0) is 24.2. The van der Waals surface area contributed by atoms with E-state index >= 15 is 0 Å². The molecular weight excluding hydrogens is 430 g/mol. The third-order valence-electron chi connectivity index (χ3n) is 9.97. The van der Waals surface area contributed by atoms with Crippen LogP contribution in [0.1, 0.15) is 128 Å². The van der Waals surface area contributed by atoms with E-state index in [1.165, 1.54) is 0 Å². The Bertz CT molecular complexity index is 671. The second kappa shape index (κ2) is 11.3. The summed E-state index contributed by atoms with van der Waals surface area (Å²) < 4.78 is 0. The van der Waals surface area contributed by atoms with E-state index in [9.17, 15) is 24.9 Å². The summed E-state index contributed by atoms with van der Waals surface area (Å²) in [6, 6.07) is 0.0914. The number of hydrogen-bond acceptors (Lipinski definition) is 4. The topological polar surface area (TPSA) is 98.1 Å². The normalized spacial score (nSPS) is 28.3. The molecule has 2 unspecified atom stereocenters. The van der Waals surface area contributed by atoms with Crippen LogP contribution in [0.5, 0.6) is 0 Å². The van der Waals surface area contributed by atoms with E-state index in [-0.39, 0.29) is 18.0 Å². The highest BCUT2D eigenvalue weighted by Crippen LogP contribution is 2.53. The van der Waals surface area contributed by atoms with Crippen LogP contribution in [-0.4, -0.2) is 55.4 Å². The summed E-state index contributed by atoms with van der Waals surface area (Å²) in [6.07, 6.45) is 18.5. The molecule has 6 heteroatoms. The van der Waals surface area contributed by atoms with Crippen molar-refractivity contribution in [2.24, 2.45) is 11.8 Å². The SMILES string of the molecule is O=C(O)C(O)(C1CCCCC1)C(C(=O)O)(C1CCCCC1)N(C1CCCCC1)C1CCCCC1. The highest BCUT2D eigenvalue weighted by Gasteiger charge is 2.71. The number of carboxylic acids is 2. The molecule has 4 rings (SSSR count). The third kappa shape index (κ3) is 4.54. The van der Waals surface area contributed by atoms with Gasteiger partial charge in [0.15, 0.2) is 11.1 Å². The Hall–Kier alpha value is -1.14. The van der Waals surface area contributed by atoms with Crippen molar-refractivity contribution in [1.82, 2.24) is 4.90 Å². The van der Waals surface area contributed by atoms with E-state index in [1.54, 1.807) is 0 Å². The molecule has 4 saturated carbocycles. The number of carboxylic acid groups (broad SMARTS) is 2. The third-order valence-corrected chi connectivity index (χ3v) is 9.97. The zero-order valence-electron chi connectivity index (χ0n) is 21.1. The fraction of sp³-hybridized carbons (Fsp3) is 0.929. The van der Waals surface area contributed by atoms with Crippen molar-refractivity contribution in [1.29, 1.82) is 0 Å². The number of nitrogens with zero attached hydrogens (tertiary/aromatic N) is 1. The summed E-state index contributed by atoms with van der Waals surface area (Å²) in [5, 5.41) is 34.6. The average molecular weight is 478 g/mol. The van der Waals surface area contributed by atoms with Crippen LogP contribution in [0, 0.1) is 11.8 Å². The number of hydrogen-bond donors (Lipinski definition) is 3. The predicted octanol–water partition coefficient (Wildman–Crippen LogP) is 5.75. The van der Waals surface area contributed by atoms with Crippen LogP contribution in [0.3, 0.4) is 0 Å². The van der Waals surface area contributed by atoms with E-state index < -0.39 is 29.0 Å². The van der Waals surface area contributed by atoms with Gasteiger partial charge in [-0.3, -0.25) is 9.69 Å². The summed E-state index contributed by atoms with van der Waals surface area (Å²) in [4.78, 5) is 29.2. The Labute approximate surface area is 205 Å². The maximum atomic E-state index is 13.8. The van der Waals surface area contributed by atoms with Crippen LogP contribution in [0.25, 0.3) is 0 Å². The van der Waals surface area contributed by atoms with Crippen molar-refractivity contribution in [3.63, 3.8) is 0 Å². The molecule has 2 atom stereocenters. The van der Waals surface area contributed by atoms with Crippen LogP contribution in [-0.2, 0) is 9.59 Å². The smallest absolute Gasteiger partial charge is 0.338 e. The first-order valence-electron chi connectivity index (χ1n) is 14.4. The lowest BCUT2D eigenvalue weighted by molar-refractivity contribution is -0.231. The van der Waals surface area contributed by atoms with Gasteiger partial charge in [-0.25, -0.2) is 4.79 Å². The highest BCUT2D eigenvalue weighted by molar-refractivity contribution is 5.93. The Morgan fingerprint density at radius 3 is 1.24 bits per heavy atom. The minimum Gasteiger partial charge on any atom is -0.480 e. The standard InChI is InChI=1S/C28H47NO5/c30-25(31)27(21-13-5-1-6-14-21,28(34,26(32)33)22-15-7-2-8-16-22)29(23-17-9-3-10-18-23)24-19-11-4-12-20-24/h21-24,34H,1-20H2,(H,30,31)(H,32,33). The van der Waals surface area contributed by atoms with Crippen molar-refractivity contribution in [2.75, 3.05) is 0 Å². The van der Waals surface area contributed by atoms with E-state index in [0.717, 1.165) is 103 Å². The van der Waals surface area contributed by atoms with Gasteiger partial charge in [0, 0.05) is 18.0 Å². The van der Waals surface area contributed by atoms with Gasteiger partial charge in [-0.05, 0) is 57.3 Å². The molecule has 3 N–H and O–H groups in total. The quantitative estimate of drug-likeness (QED) is 0.411. The molecule has 34 heavy (non-hydrogen) atoms. The summed E-state index contributed by atoms with van der Waals surface area (Å²) in [6.45, 7) is 0. The lowest BCUT2D eigenvalue weighted by atomic mass is 9.57. The molecular formula is C28H47NO5. The van der Waals surface area contributed by atoms with Crippen molar-refractivity contribution in [3.8, 4) is 0 Å². The molecule has 0 spiro atoms. The molecule has 0 aromatic carbocycles. The van der Waals surface area contributed by atoms with Gasteiger partial charge in [0.1, 0.15) is 0 Å². The molecule has 0 aromatic heterocycles. The molecule has 0 bridgehead atoms. The summed E-state index contributed by atoms with van der Waals surface area (Å²) in [5.41, 5.74) is -4.03. The Morgan fingerprint density at radius 2 is 0.882 bits per heavy atom. The van der Waals surface area contributed by atoms with Crippen LogP contribution < -0.4 is 0 Å². The second-order valence-corrected chi connectivity index (χ2v) is 11.8. The molecule has 4 fully saturated rings. The largest absolute Gasteiger partial charge is 0.480 e. The fourth-order valence-corrected chi connectivity index (χ4v) is 8.45. The first-order chi connectivity index (χ1) is 16.4.